The Hall–Kier alpha value is -2.16. The molecule has 0 bridgehead atoms. The molecule has 82 valence electrons. The first-order chi connectivity index (χ1) is 7.54. The molecule has 0 aliphatic carbocycles. The van der Waals surface area contributed by atoms with E-state index in [0.29, 0.717) is 11.5 Å². The van der Waals surface area contributed by atoms with E-state index in [-0.39, 0.29) is 11.9 Å². The third kappa shape index (κ3) is 1.37. The van der Waals surface area contributed by atoms with Crippen LogP contribution in [0.25, 0.3) is 11.0 Å². The van der Waals surface area contributed by atoms with Crippen molar-refractivity contribution in [2.45, 2.75) is 26.8 Å². The van der Waals surface area contributed by atoms with E-state index in [2.05, 4.69) is 15.1 Å². The predicted octanol–water partition coefficient (Wildman–Crippen LogP) is 1.17. The number of aromatic nitrogens is 4. The largest absolute Gasteiger partial charge is 0.383 e. The van der Waals surface area contributed by atoms with Crippen molar-refractivity contribution in [2.24, 2.45) is 0 Å². The van der Waals surface area contributed by atoms with E-state index in [1.165, 1.54) is 0 Å². The predicted molar refractivity (Wildman–Crippen MR) is 59.6 cm³/mol. The molecule has 0 fully saturated rings. The van der Waals surface area contributed by atoms with Crippen molar-refractivity contribution >= 4 is 16.9 Å². The molecule has 6 heteroatoms. The summed E-state index contributed by atoms with van der Waals surface area (Å²) in [4.78, 5) is 8.05. The van der Waals surface area contributed by atoms with Crippen LogP contribution in [0.4, 0.5) is 5.82 Å². The molecule has 2 aromatic heterocycles. The molecule has 2 heterocycles. The van der Waals surface area contributed by atoms with Crippen LogP contribution >= 0.6 is 0 Å². The van der Waals surface area contributed by atoms with Gasteiger partial charge in [0.25, 0.3) is 0 Å². The molecule has 0 aromatic carbocycles. The number of fused-ring (bicyclic) bond motifs is 1. The lowest BCUT2D eigenvalue weighted by atomic mass is 10.3. The van der Waals surface area contributed by atoms with Crippen LogP contribution in [0.3, 0.4) is 0 Å². The summed E-state index contributed by atoms with van der Waals surface area (Å²) in [6.07, 6.45) is 0. The van der Waals surface area contributed by atoms with Gasteiger partial charge in [0.05, 0.1) is 11.1 Å². The van der Waals surface area contributed by atoms with Gasteiger partial charge in [-0.15, -0.1) is 0 Å². The van der Waals surface area contributed by atoms with Gasteiger partial charge in [-0.1, -0.05) is 0 Å². The average Bonchev–Trinajstić information content (AvgIpc) is 2.56. The number of hydrogen-bond acceptors (Lipinski definition) is 5. The third-order valence-corrected chi connectivity index (χ3v) is 2.34. The minimum absolute atomic E-state index is 0.0757. The van der Waals surface area contributed by atoms with Crippen molar-refractivity contribution in [3.63, 3.8) is 0 Å². The van der Waals surface area contributed by atoms with Gasteiger partial charge in [0.1, 0.15) is 11.9 Å². The van der Waals surface area contributed by atoms with Crippen LogP contribution in [0.1, 0.15) is 31.4 Å². The Morgan fingerprint density at radius 3 is 2.62 bits per heavy atom. The molecule has 0 radical (unpaired) electrons. The van der Waals surface area contributed by atoms with Gasteiger partial charge in [0.15, 0.2) is 5.65 Å². The summed E-state index contributed by atoms with van der Waals surface area (Å²) in [6.45, 7) is 5.85. The van der Waals surface area contributed by atoms with Gasteiger partial charge < -0.3 is 5.73 Å². The number of nitrogen functional groups attached to an aromatic ring is 1. The minimum Gasteiger partial charge on any atom is -0.383 e. The lowest BCUT2D eigenvalue weighted by Gasteiger charge is -2.05. The number of aryl methyl sites for hydroxylation is 1. The maximum Gasteiger partial charge on any atom is 0.236 e. The maximum atomic E-state index is 8.80. The zero-order chi connectivity index (χ0) is 11.9. The van der Waals surface area contributed by atoms with E-state index in [4.69, 9.17) is 11.0 Å². The molecule has 0 saturated heterocycles. The van der Waals surface area contributed by atoms with E-state index >= 15 is 0 Å². The molecule has 2 rings (SSSR count). The monoisotopic (exact) mass is 216 g/mol. The molecule has 0 amide bonds. The summed E-state index contributed by atoms with van der Waals surface area (Å²) in [6, 6.07) is 2.06. The molecule has 0 atom stereocenters. The highest BCUT2D eigenvalue weighted by atomic mass is 15.3. The molecule has 0 aliphatic heterocycles. The zero-order valence-electron chi connectivity index (χ0n) is 9.39. The van der Waals surface area contributed by atoms with E-state index in [1.807, 2.05) is 26.8 Å². The van der Waals surface area contributed by atoms with Crippen LogP contribution in [0.5, 0.6) is 0 Å². The zero-order valence-corrected chi connectivity index (χ0v) is 9.39. The molecule has 2 N–H and O–H groups in total. The summed E-state index contributed by atoms with van der Waals surface area (Å²) in [5.74, 6) is 0.387. The fourth-order valence-electron chi connectivity index (χ4n) is 1.65. The Balaban J connectivity index is 2.88. The van der Waals surface area contributed by atoms with Crippen LogP contribution < -0.4 is 5.73 Å². The maximum absolute atomic E-state index is 8.80. The first kappa shape index (κ1) is 10.4. The Bertz CT molecular complexity index is 589. The average molecular weight is 216 g/mol. The summed E-state index contributed by atoms with van der Waals surface area (Å²) >= 11 is 0. The standard InChI is InChI=1S/C10H12N6/c1-5(2)16-10-8(6(3)15-16)9(12)13-7(4-11)14-10/h5H,1-3H3,(H2,12,13,14). The lowest BCUT2D eigenvalue weighted by molar-refractivity contribution is 0.542. The van der Waals surface area contributed by atoms with Crippen molar-refractivity contribution in [1.29, 1.82) is 5.26 Å². The molecule has 0 aliphatic rings. The second-order valence-electron chi connectivity index (χ2n) is 3.87. The normalized spacial score (nSPS) is 10.9. The first-order valence-electron chi connectivity index (χ1n) is 4.97. The Labute approximate surface area is 92.7 Å². The number of nitriles is 1. The second kappa shape index (κ2) is 3.45. The third-order valence-electron chi connectivity index (χ3n) is 2.34. The SMILES string of the molecule is Cc1nn(C(C)C)c2nc(C#N)nc(N)c12. The molecular formula is C10H12N6. The van der Waals surface area contributed by atoms with E-state index in [0.717, 1.165) is 11.1 Å². The van der Waals surface area contributed by atoms with Crippen molar-refractivity contribution in [1.82, 2.24) is 19.7 Å². The highest BCUT2D eigenvalue weighted by Crippen LogP contribution is 2.23. The number of nitrogens with zero attached hydrogens (tertiary/aromatic N) is 5. The summed E-state index contributed by atoms with van der Waals surface area (Å²) in [5, 5.41) is 13.9. The van der Waals surface area contributed by atoms with Crippen LogP contribution in [-0.4, -0.2) is 19.7 Å². The first-order valence-corrected chi connectivity index (χ1v) is 4.97. The van der Waals surface area contributed by atoms with Crippen molar-refractivity contribution in [2.75, 3.05) is 5.73 Å². The van der Waals surface area contributed by atoms with Crippen LogP contribution in [-0.2, 0) is 0 Å². The molecule has 2 aromatic rings. The molecule has 0 unspecified atom stereocenters. The van der Waals surface area contributed by atoms with Gasteiger partial charge >= 0.3 is 0 Å². The topological polar surface area (TPSA) is 93.4 Å². The number of hydrogen-bond donors (Lipinski definition) is 1. The quantitative estimate of drug-likeness (QED) is 0.772. The fraction of sp³-hybridized carbons (Fsp3) is 0.400. The van der Waals surface area contributed by atoms with Gasteiger partial charge in [-0.2, -0.15) is 15.3 Å². The van der Waals surface area contributed by atoms with Gasteiger partial charge in [0, 0.05) is 6.04 Å². The van der Waals surface area contributed by atoms with E-state index < -0.39 is 0 Å². The molecular weight excluding hydrogens is 204 g/mol. The summed E-state index contributed by atoms with van der Waals surface area (Å²) < 4.78 is 1.75. The molecule has 0 saturated carbocycles. The van der Waals surface area contributed by atoms with Gasteiger partial charge in [-0.05, 0) is 20.8 Å². The van der Waals surface area contributed by atoms with E-state index in [9.17, 15) is 0 Å². The lowest BCUT2D eigenvalue weighted by Crippen LogP contribution is -2.05. The van der Waals surface area contributed by atoms with Crippen molar-refractivity contribution in [3.05, 3.63) is 11.5 Å². The number of anilines is 1. The summed E-state index contributed by atoms with van der Waals surface area (Å²) in [7, 11) is 0. The van der Waals surface area contributed by atoms with E-state index in [1.54, 1.807) is 4.68 Å². The second-order valence-corrected chi connectivity index (χ2v) is 3.87. The summed E-state index contributed by atoms with van der Waals surface area (Å²) in [5.41, 5.74) is 7.20. The Morgan fingerprint density at radius 1 is 1.38 bits per heavy atom. The van der Waals surface area contributed by atoms with Crippen LogP contribution in [0.2, 0.25) is 0 Å². The van der Waals surface area contributed by atoms with Gasteiger partial charge in [-0.25, -0.2) is 9.67 Å². The van der Waals surface area contributed by atoms with Crippen LogP contribution in [0.15, 0.2) is 0 Å². The fourth-order valence-corrected chi connectivity index (χ4v) is 1.65. The van der Waals surface area contributed by atoms with Gasteiger partial charge in [0.2, 0.25) is 5.82 Å². The van der Waals surface area contributed by atoms with Crippen molar-refractivity contribution in [3.8, 4) is 6.07 Å². The molecule has 16 heavy (non-hydrogen) atoms. The Kier molecular flexibility index (Phi) is 2.23. The molecule has 6 nitrogen and oxygen atoms in total. The van der Waals surface area contributed by atoms with Crippen molar-refractivity contribution < 1.29 is 0 Å². The number of nitrogens with two attached hydrogens (primary N) is 1. The molecule has 0 spiro atoms. The van der Waals surface area contributed by atoms with Crippen LogP contribution in [0, 0.1) is 18.3 Å². The number of rotatable bonds is 1. The highest BCUT2D eigenvalue weighted by molar-refractivity contribution is 5.88. The Morgan fingerprint density at radius 2 is 2.06 bits per heavy atom. The smallest absolute Gasteiger partial charge is 0.236 e. The highest BCUT2D eigenvalue weighted by Gasteiger charge is 2.15. The minimum atomic E-state index is 0.0757. The van der Waals surface area contributed by atoms with Gasteiger partial charge in [-0.3, -0.25) is 0 Å².